The van der Waals surface area contributed by atoms with Crippen LogP contribution in [0.2, 0.25) is 0 Å². The first kappa shape index (κ1) is 9.32. The fourth-order valence-electron chi connectivity index (χ4n) is 0.871. The molecular formula is C10H11NO2. The first-order valence-corrected chi connectivity index (χ1v) is 3.83. The van der Waals surface area contributed by atoms with Crippen LogP contribution in [0, 0.1) is 0 Å². The van der Waals surface area contributed by atoms with Gasteiger partial charge in [0.1, 0.15) is 0 Å². The maximum atomic E-state index is 10.8. The average molecular weight is 177 g/mol. The van der Waals surface area contributed by atoms with Crippen molar-refractivity contribution in [3.05, 3.63) is 36.4 Å². The lowest BCUT2D eigenvalue weighted by atomic mass is 10.2. The van der Waals surface area contributed by atoms with Gasteiger partial charge < -0.3 is 4.74 Å². The fourth-order valence-corrected chi connectivity index (χ4v) is 0.871. The van der Waals surface area contributed by atoms with Crippen molar-refractivity contribution in [3.63, 3.8) is 0 Å². The maximum absolute atomic E-state index is 10.8. The highest BCUT2D eigenvalue weighted by Crippen LogP contribution is 2.10. The number of ether oxygens (including phenoxy) is 1. The third-order valence-corrected chi connectivity index (χ3v) is 1.58. The quantitative estimate of drug-likeness (QED) is 0.753. The number of anilines is 1. The Morgan fingerprint density at radius 2 is 2.08 bits per heavy atom. The van der Waals surface area contributed by atoms with E-state index < -0.39 is 6.09 Å². The highest BCUT2D eigenvalue weighted by atomic mass is 16.5. The first-order chi connectivity index (χ1) is 6.26. The number of methoxy groups -OCH3 is 1. The van der Waals surface area contributed by atoms with E-state index in [1.807, 2.05) is 12.1 Å². The smallest absolute Gasteiger partial charge is 0.411 e. The van der Waals surface area contributed by atoms with Crippen LogP contribution in [0.3, 0.4) is 0 Å². The van der Waals surface area contributed by atoms with Gasteiger partial charge in [0.05, 0.1) is 7.11 Å². The van der Waals surface area contributed by atoms with E-state index in [2.05, 4.69) is 16.6 Å². The highest BCUT2D eigenvalue weighted by molar-refractivity contribution is 5.84. The number of nitrogens with one attached hydrogen (secondary N) is 1. The molecule has 1 rings (SSSR count). The normalized spacial score (nSPS) is 9.00. The minimum absolute atomic E-state index is 0.466. The Bertz CT molecular complexity index is 303. The molecule has 0 saturated carbocycles. The second kappa shape index (κ2) is 4.30. The summed E-state index contributed by atoms with van der Waals surface area (Å²) < 4.78 is 4.44. The van der Waals surface area contributed by atoms with Crippen LogP contribution < -0.4 is 5.32 Å². The van der Waals surface area contributed by atoms with Gasteiger partial charge in [0.15, 0.2) is 0 Å². The Hall–Kier alpha value is -1.77. The van der Waals surface area contributed by atoms with Crippen LogP contribution in [-0.4, -0.2) is 13.2 Å². The average Bonchev–Trinajstić information content (AvgIpc) is 2.19. The molecule has 0 aromatic heterocycles. The molecule has 0 spiro atoms. The third-order valence-electron chi connectivity index (χ3n) is 1.58. The molecule has 0 atom stereocenters. The third kappa shape index (κ3) is 2.63. The molecule has 3 heteroatoms. The summed E-state index contributed by atoms with van der Waals surface area (Å²) in [5, 5.41) is 2.55. The number of rotatable bonds is 2. The molecule has 0 heterocycles. The molecule has 1 aromatic carbocycles. The SMILES string of the molecule is C=Cc1ccc(NC(=O)OC)cc1. The van der Waals surface area contributed by atoms with Gasteiger partial charge in [0, 0.05) is 5.69 Å². The van der Waals surface area contributed by atoms with Crippen molar-refractivity contribution >= 4 is 17.9 Å². The van der Waals surface area contributed by atoms with E-state index in [4.69, 9.17) is 0 Å². The van der Waals surface area contributed by atoms with Crippen molar-refractivity contribution in [3.8, 4) is 0 Å². The molecule has 1 amide bonds. The van der Waals surface area contributed by atoms with Gasteiger partial charge in [-0.3, -0.25) is 5.32 Å². The summed E-state index contributed by atoms with van der Waals surface area (Å²) in [6.45, 7) is 3.63. The molecule has 0 fully saturated rings. The van der Waals surface area contributed by atoms with E-state index in [0.29, 0.717) is 5.69 Å². The van der Waals surface area contributed by atoms with Crippen LogP contribution in [-0.2, 0) is 4.74 Å². The van der Waals surface area contributed by atoms with Crippen LogP contribution in [0.15, 0.2) is 30.8 Å². The van der Waals surface area contributed by atoms with E-state index >= 15 is 0 Å². The van der Waals surface area contributed by atoms with Crippen molar-refractivity contribution in [1.29, 1.82) is 0 Å². The minimum atomic E-state index is -0.466. The van der Waals surface area contributed by atoms with E-state index in [1.165, 1.54) is 7.11 Å². The number of benzene rings is 1. The van der Waals surface area contributed by atoms with Gasteiger partial charge in [-0.25, -0.2) is 4.79 Å². The number of hydrogen-bond donors (Lipinski definition) is 1. The molecule has 1 N–H and O–H groups in total. The van der Waals surface area contributed by atoms with Crippen LogP contribution in [0.5, 0.6) is 0 Å². The molecule has 0 saturated heterocycles. The van der Waals surface area contributed by atoms with E-state index in [1.54, 1.807) is 18.2 Å². The summed E-state index contributed by atoms with van der Waals surface area (Å²) in [5.41, 5.74) is 1.72. The van der Waals surface area contributed by atoms with Gasteiger partial charge in [0.2, 0.25) is 0 Å². The number of hydrogen-bond acceptors (Lipinski definition) is 2. The molecular weight excluding hydrogens is 166 g/mol. The molecule has 0 bridgehead atoms. The largest absolute Gasteiger partial charge is 0.453 e. The van der Waals surface area contributed by atoms with Gasteiger partial charge in [-0.15, -0.1) is 0 Å². The Morgan fingerprint density at radius 1 is 1.46 bits per heavy atom. The molecule has 0 radical (unpaired) electrons. The maximum Gasteiger partial charge on any atom is 0.411 e. The lowest BCUT2D eigenvalue weighted by Gasteiger charge is -2.02. The second-order valence-electron chi connectivity index (χ2n) is 2.44. The minimum Gasteiger partial charge on any atom is -0.453 e. The van der Waals surface area contributed by atoms with Gasteiger partial charge in [0.25, 0.3) is 0 Å². The van der Waals surface area contributed by atoms with Crippen molar-refractivity contribution in [2.75, 3.05) is 12.4 Å². The summed E-state index contributed by atoms with van der Waals surface area (Å²) >= 11 is 0. The standard InChI is InChI=1S/C10H11NO2/c1-3-8-4-6-9(7-5-8)11-10(12)13-2/h3-7H,1H2,2H3,(H,11,12). The zero-order chi connectivity index (χ0) is 9.68. The molecule has 0 aliphatic rings. The Kier molecular flexibility index (Phi) is 3.09. The summed E-state index contributed by atoms with van der Waals surface area (Å²) in [4.78, 5) is 10.8. The molecule has 0 unspecified atom stereocenters. The molecule has 0 aliphatic heterocycles. The van der Waals surface area contributed by atoms with Crippen molar-refractivity contribution < 1.29 is 9.53 Å². The highest BCUT2D eigenvalue weighted by Gasteiger charge is 1.98. The zero-order valence-electron chi connectivity index (χ0n) is 7.41. The molecule has 1 aromatic rings. The van der Waals surface area contributed by atoms with Crippen molar-refractivity contribution in [2.24, 2.45) is 0 Å². The molecule has 0 aliphatic carbocycles. The fraction of sp³-hybridized carbons (Fsp3) is 0.100. The molecule has 68 valence electrons. The Balaban J connectivity index is 2.69. The topological polar surface area (TPSA) is 38.3 Å². The van der Waals surface area contributed by atoms with Gasteiger partial charge in [-0.2, -0.15) is 0 Å². The Morgan fingerprint density at radius 3 is 2.54 bits per heavy atom. The van der Waals surface area contributed by atoms with Gasteiger partial charge in [-0.05, 0) is 17.7 Å². The number of amides is 1. The van der Waals surface area contributed by atoms with Gasteiger partial charge >= 0.3 is 6.09 Å². The van der Waals surface area contributed by atoms with Crippen molar-refractivity contribution in [1.82, 2.24) is 0 Å². The zero-order valence-corrected chi connectivity index (χ0v) is 7.41. The van der Waals surface area contributed by atoms with Crippen LogP contribution in [0.1, 0.15) is 5.56 Å². The lowest BCUT2D eigenvalue weighted by Crippen LogP contribution is -2.10. The number of carbonyl (C=O) groups is 1. The van der Waals surface area contributed by atoms with Crippen LogP contribution in [0.25, 0.3) is 6.08 Å². The predicted molar refractivity (Wildman–Crippen MR) is 52.6 cm³/mol. The monoisotopic (exact) mass is 177 g/mol. The van der Waals surface area contributed by atoms with Crippen LogP contribution in [0.4, 0.5) is 10.5 Å². The van der Waals surface area contributed by atoms with Gasteiger partial charge in [-0.1, -0.05) is 24.8 Å². The summed E-state index contributed by atoms with van der Waals surface area (Å²) in [7, 11) is 1.33. The molecule has 13 heavy (non-hydrogen) atoms. The van der Waals surface area contributed by atoms with Crippen molar-refractivity contribution in [2.45, 2.75) is 0 Å². The predicted octanol–water partition coefficient (Wildman–Crippen LogP) is 2.51. The summed E-state index contributed by atoms with van der Waals surface area (Å²) in [5.74, 6) is 0. The van der Waals surface area contributed by atoms with E-state index in [0.717, 1.165) is 5.56 Å². The van der Waals surface area contributed by atoms with Crippen LogP contribution >= 0.6 is 0 Å². The molecule has 3 nitrogen and oxygen atoms in total. The second-order valence-corrected chi connectivity index (χ2v) is 2.44. The summed E-state index contributed by atoms with van der Waals surface area (Å²) in [6.07, 6.45) is 1.27. The van der Waals surface area contributed by atoms with E-state index in [-0.39, 0.29) is 0 Å². The van der Waals surface area contributed by atoms with E-state index in [9.17, 15) is 4.79 Å². The number of carbonyl (C=O) groups excluding carboxylic acids is 1. The lowest BCUT2D eigenvalue weighted by molar-refractivity contribution is 0.187. The summed E-state index contributed by atoms with van der Waals surface area (Å²) in [6, 6.07) is 7.29. The Labute approximate surface area is 77.0 Å². The first-order valence-electron chi connectivity index (χ1n) is 3.83.